The van der Waals surface area contributed by atoms with Crippen LogP contribution in [0.3, 0.4) is 0 Å². The van der Waals surface area contributed by atoms with Gasteiger partial charge < -0.3 is 4.90 Å². The summed E-state index contributed by atoms with van der Waals surface area (Å²) >= 11 is 0. The summed E-state index contributed by atoms with van der Waals surface area (Å²) in [4.78, 5) is 14.8. The molecule has 4 rings (SSSR count). The predicted octanol–water partition coefficient (Wildman–Crippen LogP) is 3.07. The third kappa shape index (κ3) is 3.58. The van der Waals surface area contributed by atoms with Crippen LogP contribution in [-0.4, -0.2) is 38.7 Å². The number of likely N-dealkylation sites (tertiary alicyclic amines) is 1. The van der Waals surface area contributed by atoms with Gasteiger partial charge in [-0.1, -0.05) is 35.9 Å². The van der Waals surface area contributed by atoms with Crippen LogP contribution in [0.5, 0.6) is 0 Å². The molecule has 1 aliphatic rings. The third-order valence-corrected chi connectivity index (χ3v) is 5.43. The zero-order valence-corrected chi connectivity index (χ0v) is 15.3. The molecule has 0 spiro atoms. The number of hydrogen-bond acceptors (Lipinski definition) is 3. The molecule has 136 valence electrons. The summed E-state index contributed by atoms with van der Waals surface area (Å²) in [6.45, 7) is 6.15. The maximum absolute atomic E-state index is 12.3. The van der Waals surface area contributed by atoms with Gasteiger partial charge in [-0.3, -0.25) is 4.40 Å². The zero-order valence-electron chi connectivity index (χ0n) is 15.3. The molecule has 26 heavy (non-hydrogen) atoms. The molecule has 1 aromatic carbocycles. The second-order valence-electron chi connectivity index (χ2n) is 7.32. The minimum Gasteiger partial charge on any atom is -0.303 e. The summed E-state index contributed by atoms with van der Waals surface area (Å²) in [6, 6.07) is 14.6. The van der Waals surface area contributed by atoms with Gasteiger partial charge in [-0.15, -0.1) is 5.10 Å². The Bertz CT molecular complexity index is 934. The Morgan fingerprint density at radius 1 is 1.08 bits per heavy atom. The van der Waals surface area contributed by atoms with E-state index in [1.54, 1.807) is 15.3 Å². The fraction of sp³-hybridized carbons (Fsp3) is 0.429. The van der Waals surface area contributed by atoms with Crippen molar-refractivity contribution in [1.29, 1.82) is 0 Å². The van der Waals surface area contributed by atoms with Crippen molar-refractivity contribution in [3.05, 3.63) is 70.3 Å². The summed E-state index contributed by atoms with van der Waals surface area (Å²) in [5, 5.41) is 4.40. The molecule has 2 aromatic heterocycles. The van der Waals surface area contributed by atoms with Crippen molar-refractivity contribution < 1.29 is 0 Å². The van der Waals surface area contributed by atoms with E-state index in [0.29, 0.717) is 12.5 Å². The number of rotatable bonds is 5. The van der Waals surface area contributed by atoms with Crippen molar-refractivity contribution in [2.45, 2.75) is 38.6 Å². The first kappa shape index (κ1) is 17.0. The van der Waals surface area contributed by atoms with Crippen molar-refractivity contribution in [3.63, 3.8) is 0 Å². The van der Waals surface area contributed by atoms with Gasteiger partial charge in [-0.05, 0) is 69.4 Å². The van der Waals surface area contributed by atoms with Crippen molar-refractivity contribution >= 4 is 5.65 Å². The molecule has 5 nitrogen and oxygen atoms in total. The maximum atomic E-state index is 12.3. The maximum Gasteiger partial charge on any atom is 0.350 e. The first-order chi connectivity index (χ1) is 12.7. The van der Waals surface area contributed by atoms with Gasteiger partial charge in [0.2, 0.25) is 0 Å². The first-order valence-electron chi connectivity index (χ1n) is 9.54. The Kier molecular flexibility index (Phi) is 4.89. The van der Waals surface area contributed by atoms with E-state index in [0.717, 1.165) is 31.7 Å². The number of fused-ring (bicyclic) bond motifs is 1. The predicted molar refractivity (Wildman–Crippen MR) is 104 cm³/mol. The van der Waals surface area contributed by atoms with Crippen LogP contribution < -0.4 is 5.69 Å². The smallest absolute Gasteiger partial charge is 0.303 e. The molecule has 0 unspecified atom stereocenters. The molecule has 0 amide bonds. The van der Waals surface area contributed by atoms with Gasteiger partial charge >= 0.3 is 5.69 Å². The Morgan fingerprint density at radius 2 is 1.92 bits per heavy atom. The van der Waals surface area contributed by atoms with E-state index < -0.39 is 0 Å². The monoisotopic (exact) mass is 350 g/mol. The van der Waals surface area contributed by atoms with Gasteiger partial charge in [0.05, 0.1) is 0 Å². The van der Waals surface area contributed by atoms with Gasteiger partial charge in [-0.25, -0.2) is 9.48 Å². The van der Waals surface area contributed by atoms with E-state index >= 15 is 0 Å². The fourth-order valence-corrected chi connectivity index (χ4v) is 3.97. The molecule has 3 heterocycles. The molecule has 1 saturated heterocycles. The molecule has 1 fully saturated rings. The highest BCUT2D eigenvalue weighted by Crippen LogP contribution is 2.28. The lowest BCUT2D eigenvalue weighted by Gasteiger charge is -2.32. The molecule has 0 radical (unpaired) electrons. The second-order valence-corrected chi connectivity index (χ2v) is 7.32. The van der Waals surface area contributed by atoms with E-state index in [9.17, 15) is 4.79 Å². The Balaban J connectivity index is 1.28. The molecule has 0 N–H and O–H groups in total. The highest BCUT2D eigenvalue weighted by molar-refractivity contribution is 5.35. The summed E-state index contributed by atoms with van der Waals surface area (Å²) in [5.74, 6) is 0.687. The summed E-state index contributed by atoms with van der Waals surface area (Å²) in [5.41, 5.74) is 3.51. The van der Waals surface area contributed by atoms with E-state index in [1.807, 2.05) is 18.2 Å². The fourth-order valence-electron chi connectivity index (χ4n) is 3.97. The van der Waals surface area contributed by atoms with Crippen molar-refractivity contribution in [2.75, 3.05) is 19.6 Å². The van der Waals surface area contributed by atoms with Crippen LogP contribution in [-0.2, 0) is 6.54 Å². The van der Waals surface area contributed by atoms with E-state index in [-0.39, 0.29) is 5.69 Å². The normalized spacial score (nSPS) is 16.3. The van der Waals surface area contributed by atoms with Crippen molar-refractivity contribution in [2.24, 2.45) is 0 Å². The Hall–Kier alpha value is -2.40. The van der Waals surface area contributed by atoms with Crippen LogP contribution in [0.15, 0.2) is 53.5 Å². The topological polar surface area (TPSA) is 42.5 Å². The van der Waals surface area contributed by atoms with Crippen LogP contribution >= 0.6 is 0 Å². The Morgan fingerprint density at radius 3 is 2.69 bits per heavy atom. The number of aryl methyl sites for hydroxylation is 2. The number of nitrogens with zero attached hydrogens (tertiary/aromatic N) is 4. The van der Waals surface area contributed by atoms with Gasteiger partial charge in [-0.2, -0.15) is 0 Å². The first-order valence-corrected chi connectivity index (χ1v) is 9.54. The van der Waals surface area contributed by atoms with E-state index in [2.05, 4.69) is 41.2 Å². The van der Waals surface area contributed by atoms with Crippen molar-refractivity contribution in [1.82, 2.24) is 19.1 Å². The van der Waals surface area contributed by atoms with Crippen LogP contribution in [0, 0.1) is 6.92 Å². The number of pyridine rings is 1. The molecule has 0 atom stereocenters. The Labute approximate surface area is 153 Å². The average molecular weight is 350 g/mol. The van der Waals surface area contributed by atoms with Crippen molar-refractivity contribution in [3.8, 4) is 0 Å². The SMILES string of the molecule is Cc1cccc(C2CCN(CCCn3nc4ccccn4c3=O)CC2)c1. The van der Waals surface area contributed by atoms with Gasteiger partial charge in [0, 0.05) is 12.7 Å². The molecule has 0 bridgehead atoms. The minimum atomic E-state index is -0.0428. The lowest BCUT2D eigenvalue weighted by Crippen LogP contribution is -2.34. The number of benzene rings is 1. The van der Waals surface area contributed by atoms with Crippen LogP contribution in [0.2, 0.25) is 0 Å². The van der Waals surface area contributed by atoms with E-state index in [1.165, 1.54) is 24.0 Å². The number of piperidine rings is 1. The highest BCUT2D eigenvalue weighted by Gasteiger charge is 2.20. The van der Waals surface area contributed by atoms with E-state index in [4.69, 9.17) is 0 Å². The average Bonchev–Trinajstić information content (AvgIpc) is 2.99. The van der Waals surface area contributed by atoms with Gasteiger partial charge in [0.1, 0.15) is 0 Å². The lowest BCUT2D eigenvalue weighted by molar-refractivity contribution is 0.206. The molecular formula is C21H26N4O. The molecule has 5 heteroatoms. The minimum absolute atomic E-state index is 0.0428. The molecule has 0 aliphatic carbocycles. The largest absolute Gasteiger partial charge is 0.350 e. The molecule has 1 aliphatic heterocycles. The summed E-state index contributed by atoms with van der Waals surface area (Å²) < 4.78 is 3.20. The quantitative estimate of drug-likeness (QED) is 0.710. The molecular weight excluding hydrogens is 324 g/mol. The molecule has 3 aromatic rings. The molecule has 0 saturated carbocycles. The second kappa shape index (κ2) is 7.46. The summed E-state index contributed by atoms with van der Waals surface area (Å²) in [6.07, 6.45) is 5.17. The van der Waals surface area contributed by atoms with Gasteiger partial charge in [0.15, 0.2) is 5.65 Å². The standard InChI is InChI=1S/C21H26N4O/c1-17-6-4-7-19(16-17)18-9-14-23(15-10-18)11-5-13-25-21(26)24-12-3-2-8-20(24)22-25/h2-4,6-8,12,16,18H,5,9-11,13-15H2,1H3. The highest BCUT2D eigenvalue weighted by atomic mass is 16.2. The third-order valence-electron chi connectivity index (χ3n) is 5.43. The lowest BCUT2D eigenvalue weighted by atomic mass is 9.88. The zero-order chi connectivity index (χ0) is 17.9. The van der Waals surface area contributed by atoms with Gasteiger partial charge in [0.25, 0.3) is 0 Å². The van der Waals surface area contributed by atoms with Crippen LogP contribution in [0.25, 0.3) is 5.65 Å². The van der Waals surface area contributed by atoms with Crippen LogP contribution in [0.1, 0.15) is 36.3 Å². The number of hydrogen-bond donors (Lipinski definition) is 0. The number of aromatic nitrogens is 3. The summed E-state index contributed by atoms with van der Waals surface area (Å²) in [7, 11) is 0. The van der Waals surface area contributed by atoms with Crippen LogP contribution in [0.4, 0.5) is 0 Å².